The number of nitrogens with zero attached hydrogens (tertiary/aromatic N) is 1. The Morgan fingerprint density at radius 1 is 1.53 bits per heavy atom. The molecule has 0 radical (unpaired) electrons. The van der Waals surface area contributed by atoms with Crippen molar-refractivity contribution in [2.45, 2.75) is 32.4 Å². The number of hydrogen-bond acceptors (Lipinski definition) is 3. The Balaban J connectivity index is 2.16. The fourth-order valence-corrected chi connectivity index (χ4v) is 2.40. The summed E-state index contributed by atoms with van der Waals surface area (Å²) in [6.07, 6.45) is 1.18. The van der Waals surface area contributed by atoms with Crippen molar-refractivity contribution >= 4 is 5.69 Å². The highest BCUT2D eigenvalue weighted by atomic mass is 19.1. The Hall–Kier alpha value is -1.13. The SMILES string of the molecule is CCC1CN(c2ccc(C(C)NC)cc2F)CCO1. The molecule has 0 bridgehead atoms. The first-order valence-electron chi connectivity index (χ1n) is 6.99. The Morgan fingerprint density at radius 3 is 2.95 bits per heavy atom. The number of halogens is 1. The van der Waals surface area contributed by atoms with E-state index in [1.54, 1.807) is 6.07 Å². The molecule has 0 aromatic heterocycles. The molecule has 1 aromatic carbocycles. The Labute approximate surface area is 114 Å². The molecule has 1 heterocycles. The van der Waals surface area contributed by atoms with E-state index in [9.17, 15) is 4.39 Å². The summed E-state index contributed by atoms with van der Waals surface area (Å²) < 4.78 is 19.9. The zero-order valence-corrected chi connectivity index (χ0v) is 11.9. The number of morpholine rings is 1. The van der Waals surface area contributed by atoms with Crippen LogP contribution in [-0.2, 0) is 4.74 Å². The summed E-state index contributed by atoms with van der Waals surface area (Å²) in [5.41, 5.74) is 1.66. The van der Waals surface area contributed by atoms with E-state index in [0.717, 1.165) is 25.1 Å². The molecular weight excluding hydrogens is 243 g/mol. The first-order valence-corrected chi connectivity index (χ1v) is 6.99. The first-order chi connectivity index (χ1) is 9.15. The van der Waals surface area contributed by atoms with Gasteiger partial charge in [0.15, 0.2) is 0 Å². The van der Waals surface area contributed by atoms with Crippen molar-refractivity contribution < 1.29 is 9.13 Å². The van der Waals surface area contributed by atoms with Gasteiger partial charge in [-0.3, -0.25) is 0 Å². The van der Waals surface area contributed by atoms with E-state index in [1.165, 1.54) is 0 Å². The van der Waals surface area contributed by atoms with Crippen LogP contribution < -0.4 is 10.2 Å². The van der Waals surface area contributed by atoms with Gasteiger partial charge in [0.1, 0.15) is 5.82 Å². The van der Waals surface area contributed by atoms with Crippen molar-refractivity contribution in [1.82, 2.24) is 5.32 Å². The fraction of sp³-hybridized carbons (Fsp3) is 0.600. The maximum Gasteiger partial charge on any atom is 0.146 e. The first kappa shape index (κ1) is 14.3. The van der Waals surface area contributed by atoms with Crippen LogP contribution in [0.1, 0.15) is 31.9 Å². The molecule has 1 fully saturated rings. The quantitative estimate of drug-likeness (QED) is 0.907. The molecule has 2 rings (SSSR count). The van der Waals surface area contributed by atoms with Crippen molar-refractivity contribution in [1.29, 1.82) is 0 Å². The van der Waals surface area contributed by atoms with Gasteiger partial charge in [-0.1, -0.05) is 13.0 Å². The average Bonchev–Trinajstić information content (AvgIpc) is 2.46. The van der Waals surface area contributed by atoms with Gasteiger partial charge in [-0.15, -0.1) is 0 Å². The van der Waals surface area contributed by atoms with Crippen molar-refractivity contribution in [3.63, 3.8) is 0 Å². The molecule has 1 aliphatic rings. The van der Waals surface area contributed by atoms with Crippen LogP contribution in [0.3, 0.4) is 0 Å². The highest BCUT2D eigenvalue weighted by Gasteiger charge is 2.21. The monoisotopic (exact) mass is 266 g/mol. The summed E-state index contributed by atoms with van der Waals surface area (Å²) in [6.45, 7) is 6.33. The van der Waals surface area contributed by atoms with E-state index in [-0.39, 0.29) is 18.0 Å². The number of ether oxygens (including phenoxy) is 1. The van der Waals surface area contributed by atoms with Crippen LogP contribution in [0.2, 0.25) is 0 Å². The molecule has 106 valence electrons. The smallest absolute Gasteiger partial charge is 0.146 e. The molecule has 1 aromatic rings. The number of anilines is 1. The van der Waals surface area contributed by atoms with Crippen LogP contribution in [0.15, 0.2) is 18.2 Å². The zero-order chi connectivity index (χ0) is 13.8. The molecule has 1 aliphatic heterocycles. The molecule has 3 nitrogen and oxygen atoms in total. The van der Waals surface area contributed by atoms with Gasteiger partial charge in [-0.25, -0.2) is 4.39 Å². The second kappa shape index (κ2) is 6.35. The molecule has 1 saturated heterocycles. The van der Waals surface area contributed by atoms with Crippen LogP contribution in [0, 0.1) is 5.82 Å². The van der Waals surface area contributed by atoms with Crippen molar-refractivity contribution in [2.24, 2.45) is 0 Å². The van der Waals surface area contributed by atoms with E-state index in [4.69, 9.17) is 4.74 Å². The molecule has 0 amide bonds. The van der Waals surface area contributed by atoms with Crippen molar-refractivity contribution in [2.75, 3.05) is 31.6 Å². The average molecular weight is 266 g/mol. The third-order valence-electron chi connectivity index (χ3n) is 3.84. The third kappa shape index (κ3) is 3.25. The Kier molecular flexibility index (Phi) is 4.77. The van der Waals surface area contributed by atoms with E-state index < -0.39 is 0 Å². The molecule has 4 heteroatoms. The van der Waals surface area contributed by atoms with E-state index >= 15 is 0 Å². The summed E-state index contributed by atoms with van der Waals surface area (Å²) in [7, 11) is 1.88. The zero-order valence-electron chi connectivity index (χ0n) is 11.9. The number of benzene rings is 1. The predicted octanol–water partition coefficient (Wildman–Crippen LogP) is 2.72. The summed E-state index contributed by atoms with van der Waals surface area (Å²) in [5.74, 6) is -0.142. The van der Waals surface area contributed by atoms with E-state index in [0.29, 0.717) is 12.3 Å². The number of hydrogen-bond donors (Lipinski definition) is 1. The van der Waals surface area contributed by atoms with Gasteiger partial charge in [0.05, 0.1) is 18.4 Å². The Morgan fingerprint density at radius 2 is 2.32 bits per heavy atom. The molecule has 2 unspecified atom stereocenters. The minimum atomic E-state index is -0.142. The van der Waals surface area contributed by atoms with Gasteiger partial charge < -0.3 is 15.0 Å². The highest BCUT2D eigenvalue weighted by molar-refractivity contribution is 5.50. The lowest BCUT2D eigenvalue weighted by Gasteiger charge is -2.34. The molecular formula is C15H23FN2O. The van der Waals surface area contributed by atoms with Crippen LogP contribution in [-0.4, -0.2) is 32.8 Å². The lowest BCUT2D eigenvalue weighted by Crippen LogP contribution is -2.42. The summed E-state index contributed by atoms with van der Waals surface area (Å²) in [5, 5.41) is 3.12. The van der Waals surface area contributed by atoms with Crippen molar-refractivity contribution in [3.05, 3.63) is 29.6 Å². The van der Waals surface area contributed by atoms with Crippen LogP contribution in [0.5, 0.6) is 0 Å². The maximum atomic E-state index is 14.3. The number of rotatable bonds is 4. The molecule has 0 aliphatic carbocycles. The summed E-state index contributed by atoms with van der Waals surface area (Å²) in [4.78, 5) is 2.08. The highest BCUT2D eigenvalue weighted by Crippen LogP contribution is 2.25. The van der Waals surface area contributed by atoms with Crippen molar-refractivity contribution in [3.8, 4) is 0 Å². The van der Waals surface area contributed by atoms with Crippen LogP contribution in [0.4, 0.5) is 10.1 Å². The van der Waals surface area contributed by atoms with Gasteiger partial charge in [-0.2, -0.15) is 0 Å². The fourth-order valence-electron chi connectivity index (χ4n) is 2.40. The largest absolute Gasteiger partial charge is 0.375 e. The molecule has 0 spiro atoms. The minimum Gasteiger partial charge on any atom is -0.375 e. The standard InChI is InChI=1S/C15H23FN2O/c1-4-13-10-18(7-8-19-13)15-6-5-12(9-14(15)16)11(2)17-3/h5-6,9,11,13,17H,4,7-8,10H2,1-3H3. The number of nitrogens with one attached hydrogen (secondary N) is 1. The lowest BCUT2D eigenvalue weighted by atomic mass is 10.1. The molecule has 0 saturated carbocycles. The third-order valence-corrected chi connectivity index (χ3v) is 3.84. The minimum absolute atomic E-state index is 0.142. The predicted molar refractivity (Wildman–Crippen MR) is 76.1 cm³/mol. The van der Waals surface area contributed by atoms with Crippen LogP contribution >= 0.6 is 0 Å². The van der Waals surface area contributed by atoms with E-state index in [1.807, 2.05) is 26.1 Å². The molecule has 19 heavy (non-hydrogen) atoms. The van der Waals surface area contributed by atoms with Gasteiger partial charge >= 0.3 is 0 Å². The molecule has 1 N–H and O–H groups in total. The second-order valence-electron chi connectivity index (χ2n) is 5.07. The Bertz CT molecular complexity index is 425. The van der Waals surface area contributed by atoms with Gasteiger partial charge in [0.2, 0.25) is 0 Å². The van der Waals surface area contributed by atoms with Gasteiger partial charge in [-0.05, 0) is 38.1 Å². The topological polar surface area (TPSA) is 24.5 Å². The normalized spacial score (nSPS) is 21.5. The van der Waals surface area contributed by atoms with Crippen LogP contribution in [0.25, 0.3) is 0 Å². The maximum absolute atomic E-state index is 14.3. The second-order valence-corrected chi connectivity index (χ2v) is 5.07. The summed E-state index contributed by atoms with van der Waals surface area (Å²) >= 11 is 0. The van der Waals surface area contributed by atoms with Gasteiger partial charge in [0, 0.05) is 19.1 Å². The lowest BCUT2D eigenvalue weighted by molar-refractivity contribution is 0.0382. The van der Waals surface area contributed by atoms with Gasteiger partial charge in [0.25, 0.3) is 0 Å². The molecule has 2 atom stereocenters. The van der Waals surface area contributed by atoms with E-state index in [2.05, 4.69) is 17.1 Å². The summed E-state index contributed by atoms with van der Waals surface area (Å²) in [6, 6.07) is 5.68.